The van der Waals surface area contributed by atoms with Crippen molar-refractivity contribution in [1.82, 2.24) is 4.57 Å². The summed E-state index contributed by atoms with van der Waals surface area (Å²) in [5, 5.41) is 0. The molecule has 0 saturated carbocycles. The first-order valence-corrected chi connectivity index (χ1v) is 5.85. The van der Waals surface area contributed by atoms with Gasteiger partial charge in [0.05, 0.1) is 12.3 Å². The summed E-state index contributed by atoms with van der Waals surface area (Å²) in [6, 6.07) is 2.95. The van der Waals surface area contributed by atoms with E-state index in [2.05, 4.69) is 13.8 Å². The molecular formula is C13H19NO3. The third-order valence-electron chi connectivity index (χ3n) is 2.63. The molecule has 0 aliphatic carbocycles. The van der Waals surface area contributed by atoms with Gasteiger partial charge in [0, 0.05) is 6.20 Å². The van der Waals surface area contributed by atoms with E-state index in [-0.39, 0.29) is 5.97 Å². The highest BCUT2D eigenvalue weighted by Gasteiger charge is 2.17. The molecule has 1 rings (SSSR count). The maximum absolute atomic E-state index is 11.7. The van der Waals surface area contributed by atoms with Gasteiger partial charge in [-0.25, -0.2) is 4.79 Å². The van der Waals surface area contributed by atoms with Crippen LogP contribution in [0.4, 0.5) is 0 Å². The van der Waals surface area contributed by atoms with E-state index in [4.69, 9.17) is 4.74 Å². The van der Waals surface area contributed by atoms with Gasteiger partial charge in [-0.2, -0.15) is 0 Å². The number of nitrogens with zero attached hydrogens (tertiary/aromatic N) is 1. The number of esters is 1. The van der Waals surface area contributed by atoms with Gasteiger partial charge >= 0.3 is 5.97 Å². The van der Waals surface area contributed by atoms with Crippen molar-refractivity contribution >= 4 is 12.3 Å². The van der Waals surface area contributed by atoms with Crippen LogP contribution in [-0.2, 0) is 9.53 Å². The summed E-state index contributed by atoms with van der Waals surface area (Å²) in [4.78, 5) is 22.5. The number of rotatable bonds is 6. The SMILES string of the molecule is CC(C)CCOC(=O)C(C)n1cccc1C=O. The second kappa shape index (κ2) is 6.23. The van der Waals surface area contributed by atoms with E-state index >= 15 is 0 Å². The number of carbonyl (C=O) groups excluding carboxylic acids is 2. The lowest BCUT2D eigenvalue weighted by Crippen LogP contribution is -2.21. The Labute approximate surface area is 102 Å². The van der Waals surface area contributed by atoms with Gasteiger partial charge in [-0.3, -0.25) is 4.79 Å². The van der Waals surface area contributed by atoms with E-state index in [1.807, 2.05) is 0 Å². The normalized spacial score (nSPS) is 12.5. The Hall–Kier alpha value is -1.58. The molecule has 94 valence electrons. The smallest absolute Gasteiger partial charge is 0.328 e. The highest BCUT2D eigenvalue weighted by atomic mass is 16.5. The zero-order chi connectivity index (χ0) is 12.8. The van der Waals surface area contributed by atoms with Crippen molar-refractivity contribution < 1.29 is 14.3 Å². The van der Waals surface area contributed by atoms with Gasteiger partial charge in [-0.15, -0.1) is 0 Å². The molecule has 0 radical (unpaired) electrons. The van der Waals surface area contributed by atoms with Gasteiger partial charge in [-0.05, 0) is 31.4 Å². The van der Waals surface area contributed by atoms with Crippen LogP contribution in [-0.4, -0.2) is 23.4 Å². The van der Waals surface area contributed by atoms with Crippen molar-refractivity contribution in [3.8, 4) is 0 Å². The van der Waals surface area contributed by atoms with Crippen LogP contribution in [0.3, 0.4) is 0 Å². The Bertz CT molecular complexity index is 382. The van der Waals surface area contributed by atoms with Crippen LogP contribution >= 0.6 is 0 Å². The van der Waals surface area contributed by atoms with E-state index < -0.39 is 6.04 Å². The molecule has 1 aromatic heterocycles. The average Bonchev–Trinajstić information content (AvgIpc) is 2.75. The fourth-order valence-electron chi connectivity index (χ4n) is 1.49. The van der Waals surface area contributed by atoms with Gasteiger partial charge in [0.2, 0.25) is 0 Å². The molecule has 17 heavy (non-hydrogen) atoms. The molecule has 0 aliphatic rings. The summed E-state index contributed by atoms with van der Waals surface area (Å²) in [6.45, 7) is 6.31. The largest absolute Gasteiger partial charge is 0.464 e. The van der Waals surface area contributed by atoms with Gasteiger partial charge < -0.3 is 9.30 Å². The molecule has 0 bridgehead atoms. The fourth-order valence-corrected chi connectivity index (χ4v) is 1.49. The van der Waals surface area contributed by atoms with Crippen molar-refractivity contribution in [1.29, 1.82) is 0 Å². The summed E-state index contributed by atoms with van der Waals surface area (Å²) < 4.78 is 6.78. The van der Waals surface area contributed by atoms with E-state index in [1.54, 1.807) is 29.8 Å². The number of aromatic nitrogens is 1. The second-order valence-corrected chi connectivity index (χ2v) is 4.48. The van der Waals surface area contributed by atoms with Gasteiger partial charge in [-0.1, -0.05) is 13.8 Å². The predicted molar refractivity (Wildman–Crippen MR) is 64.9 cm³/mol. The van der Waals surface area contributed by atoms with Gasteiger partial charge in [0.1, 0.15) is 6.04 Å². The second-order valence-electron chi connectivity index (χ2n) is 4.48. The average molecular weight is 237 g/mol. The topological polar surface area (TPSA) is 48.3 Å². The molecule has 0 spiro atoms. The third kappa shape index (κ3) is 3.73. The lowest BCUT2D eigenvalue weighted by molar-refractivity contribution is -0.147. The summed E-state index contributed by atoms with van der Waals surface area (Å²) in [5.74, 6) is 0.208. The third-order valence-corrected chi connectivity index (χ3v) is 2.63. The maximum Gasteiger partial charge on any atom is 0.328 e. The quantitative estimate of drug-likeness (QED) is 0.564. The first-order valence-electron chi connectivity index (χ1n) is 5.85. The minimum absolute atomic E-state index is 0.301. The van der Waals surface area contributed by atoms with Crippen molar-refractivity contribution in [3.05, 3.63) is 24.0 Å². The first-order chi connectivity index (χ1) is 8.06. The molecule has 0 aromatic carbocycles. The van der Waals surface area contributed by atoms with Crippen LogP contribution in [0.2, 0.25) is 0 Å². The number of aldehydes is 1. The molecule has 0 aliphatic heterocycles. The predicted octanol–water partition coefficient (Wildman–Crippen LogP) is 2.45. The Morgan fingerprint density at radius 3 is 2.76 bits per heavy atom. The molecule has 1 heterocycles. The van der Waals surface area contributed by atoms with E-state index in [1.165, 1.54) is 0 Å². The fraction of sp³-hybridized carbons (Fsp3) is 0.538. The summed E-state index contributed by atoms with van der Waals surface area (Å²) >= 11 is 0. The van der Waals surface area contributed by atoms with Crippen LogP contribution in [0.25, 0.3) is 0 Å². The highest BCUT2D eigenvalue weighted by molar-refractivity contribution is 5.77. The van der Waals surface area contributed by atoms with Crippen LogP contribution in [0.15, 0.2) is 18.3 Å². The number of hydrogen-bond acceptors (Lipinski definition) is 3. The summed E-state index contributed by atoms with van der Waals surface area (Å²) in [5.41, 5.74) is 0.485. The molecular weight excluding hydrogens is 218 g/mol. The summed E-state index contributed by atoms with van der Waals surface area (Å²) in [7, 11) is 0. The molecule has 4 nitrogen and oxygen atoms in total. The van der Waals surface area contributed by atoms with Crippen molar-refractivity contribution in [2.24, 2.45) is 5.92 Å². The Balaban J connectivity index is 2.55. The number of hydrogen-bond donors (Lipinski definition) is 0. The molecule has 0 fully saturated rings. The van der Waals surface area contributed by atoms with Crippen molar-refractivity contribution in [2.75, 3.05) is 6.61 Å². The van der Waals surface area contributed by atoms with Gasteiger partial charge in [0.25, 0.3) is 0 Å². The summed E-state index contributed by atoms with van der Waals surface area (Å²) in [6.07, 6.45) is 3.29. The molecule has 0 N–H and O–H groups in total. The van der Waals surface area contributed by atoms with Crippen LogP contribution in [0.5, 0.6) is 0 Å². The van der Waals surface area contributed by atoms with Crippen molar-refractivity contribution in [3.63, 3.8) is 0 Å². The van der Waals surface area contributed by atoms with E-state index in [9.17, 15) is 9.59 Å². The lowest BCUT2D eigenvalue weighted by Gasteiger charge is -2.15. The highest BCUT2D eigenvalue weighted by Crippen LogP contribution is 2.12. The Kier molecular flexibility index (Phi) is 4.94. The molecule has 1 atom stereocenters. The molecule has 1 aromatic rings. The van der Waals surface area contributed by atoms with Crippen LogP contribution in [0, 0.1) is 5.92 Å². The number of carbonyl (C=O) groups is 2. The van der Waals surface area contributed by atoms with E-state index in [0.717, 1.165) is 12.7 Å². The van der Waals surface area contributed by atoms with Gasteiger partial charge in [0.15, 0.2) is 6.29 Å². The standard InChI is InChI=1S/C13H19NO3/c1-10(2)6-8-17-13(16)11(3)14-7-4-5-12(14)9-15/h4-5,7,9-11H,6,8H2,1-3H3. The zero-order valence-corrected chi connectivity index (χ0v) is 10.6. The van der Waals surface area contributed by atoms with E-state index in [0.29, 0.717) is 18.2 Å². The molecule has 0 amide bonds. The maximum atomic E-state index is 11.7. The van der Waals surface area contributed by atoms with Crippen LogP contribution < -0.4 is 0 Å². The molecule has 4 heteroatoms. The van der Waals surface area contributed by atoms with Crippen LogP contribution in [0.1, 0.15) is 43.7 Å². The molecule has 0 saturated heterocycles. The minimum Gasteiger partial charge on any atom is -0.464 e. The Morgan fingerprint density at radius 1 is 1.47 bits per heavy atom. The molecule has 1 unspecified atom stereocenters. The lowest BCUT2D eigenvalue weighted by atomic mass is 10.1. The monoisotopic (exact) mass is 237 g/mol. The zero-order valence-electron chi connectivity index (χ0n) is 10.6. The minimum atomic E-state index is -0.461. The first kappa shape index (κ1) is 13.5. The Morgan fingerprint density at radius 2 is 2.18 bits per heavy atom. The number of ether oxygens (including phenoxy) is 1. The van der Waals surface area contributed by atoms with Crippen molar-refractivity contribution in [2.45, 2.75) is 33.2 Å².